The number of fused-ring (bicyclic) bond motifs is 1. The van der Waals surface area contributed by atoms with Crippen LogP contribution < -0.4 is 4.74 Å². The molecule has 1 aliphatic heterocycles. The van der Waals surface area contributed by atoms with Gasteiger partial charge in [-0.2, -0.15) is 0 Å². The van der Waals surface area contributed by atoms with E-state index in [-0.39, 0.29) is 18.9 Å². The Labute approximate surface area is 135 Å². The van der Waals surface area contributed by atoms with E-state index in [0.717, 1.165) is 0 Å². The lowest BCUT2D eigenvalue weighted by molar-refractivity contribution is 0.0673. The van der Waals surface area contributed by atoms with Crippen LogP contribution in [0.5, 0.6) is 5.75 Å². The van der Waals surface area contributed by atoms with Gasteiger partial charge in [-0.05, 0) is 37.3 Å². The Hall–Kier alpha value is -2.41. The molecule has 1 aromatic carbocycles. The highest BCUT2D eigenvalue weighted by Crippen LogP contribution is 2.44. The van der Waals surface area contributed by atoms with Crippen molar-refractivity contribution in [2.24, 2.45) is 0 Å². The maximum Gasteiger partial charge on any atom is 0.302 e. The van der Waals surface area contributed by atoms with E-state index in [1.807, 2.05) is 0 Å². The molecule has 0 saturated heterocycles. The van der Waals surface area contributed by atoms with E-state index in [1.165, 1.54) is 30.3 Å². The molecule has 0 spiro atoms. The number of halogens is 3. The molecule has 1 unspecified atom stereocenters. The summed E-state index contributed by atoms with van der Waals surface area (Å²) in [5.74, 6) is -1.56. The molecule has 4 nitrogen and oxygen atoms in total. The van der Waals surface area contributed by atoms with Crippen LogP contribution in [0.25, 0.3) is 11.3 Å². The fourth-order valence-corrected chi connectivity index (χ4v) is 2.61. The number of pyridine rings is 1. The van der Waals surface area contributed by atoms with Gasteiger partial charge in [-0.1, -0.05) is 0 Å². The Kier molecular flexibility index (Phi) is 4.04. The van der Waals surface area contributed by atoms with Crippen molar-refractivity contribution < 1.29 is 27.8 Å². The Morgan fingerprint density at radius 3 is 2.62 bits per heavy atom. The van der Waals surface area contributed by atoms with Crippen molar-refractivity contribution >= 4 is 5.78 Å². The molecule has 0 saturated carbocycles. The molecular formula is C17H14F3NO3. The molecule has 2 aromatic rings. The van der Waals surface area contributed by atoms with E-state index in [9.17, 15) is 23.1 Å². The topological polar surface area (TPSA) is 59.4 Å². The SMILES string of the molecule is CC1(CO)COc2c1cc(C(=O)C(F)F)nc2-c1ccc(F)cc1. The quantitative estimate of drug-likeness (QED) is 0.872. The summed E-state index contributed by atoms with van der Waals surface area (Å²) in [4.78, 5) is 15.7. The first-order valence-corrected chi connectivity index (χ1v) is 7.23. The van der Waals surface area contributed by atoms with Gasteiger partial charge in [0.2, 0.25) is 5.78 Å². The average Bonchev–Trinajstić information content (AvgIpc) is 2.92. The highest BCUT2D eigenvalue weighted by molar-refractivity contribution is 5.98. The summed E-state index contributed by atoms with van der Waals surface area (Å²) in [6.07, 6.45) is -3.20. The lowest BCUT2D eigenvalue weighted by atomic mass is 9.84. The van der Waals surface area contributed by atoms with E-state index < -0.39 is 29.1 Å². The zero-order chi connectivity index (χ0) is 17.5. The highest BCUT2D eigenvalue weighted by atomic mass is 19.3. The summed E-state index contributed by atoms with van der Waals surface area (Å²) >= 11 is 0. The van der Waals surface area contributed by atoms with Gasteiger partial charge < -0.3 is 9.84 Å². The Morgan fingerprint density at radius 1 is 1.38 bits per heavy atom. The molecule has 0 bridgehead atoms. The molecule has 126 valence electrons. The number of rotatable bonds is 4. The van der Waals surface area contributed by atoms with Crippen LogP contribution in [0.4, 0.5) is 13.2 Å². The van der Waals surface area contributed by atoms with Gasteiger partial charge in [0.25, 0.3) is 0 Å². The number of hydrogen-bond acceptors (Lipinski definition) is 4. The van der Waals surface area contributed by atoms with E-state index in [2.05, 4.69) is 4.98 Å². The normalized spacial score (nSPS) is 19.2. The van der Waals surface area contributed by atoms with Gasteiger partial charge in [0.05, 0.1) is 12.0 Å². The third-order valence-electron chi connectivity index (χ3n) is 4.08. The third-order valence-corrected chi connectivity index (χ3v) is 4.08. The fourth-order valence-electron chi connectivity index (χ4n) is 2.61. The number of aliphatic hydroxyl groups is 1. The number of hydrogen-bond donors (Lipinski definition) is 1. The molecule has 0 aliphatic carbocycles. The van der Waals surface area contributed by atoms with Crippen LogP contribution in [0.15, 0.2) is 30.3 Å². The third kappa shape index (κ3) is 2.65. The maximum atomic E-state index is 13.1. The number of ketones is 1. The minimum absolute atomic E-state index is 0.126. The van der Waals surface area contributed by atoms with Crippen molar-refractivity contribution in [3.8, 4) is 17.0 Å². The Bertz CT molecular complexity index is 792. The largest absolute Gasteiger partial charge is 0.490 e. The average molecular weight is 337 g/mol. The van der Waals surface area contributed by atoms with Gasteiger partial charge in [-0.3, -0.25) is 4.79 Å². The minimum atomic E-state index is -3.20. The minimum Gasteiger partial charge on any atom is -0.490 e. The number of Topliss-reactive ketones (excluding diaryl/α,β-unsaturated/α-hetero) is 1. The van der Waals surface area contributed by atoms with Crippen molar-refractivity contribution in [3.63, 3.8) is 0 Å². The van der Waals surface area contributed by atoms with Gasteiger partial charge >= 0.3 is 6.43 Å². The van der Waals surface area contributed by atoms with E-state index in [1.54, 1.807) is 6.92 Å². The summed E-state index contributed by atoms with van der Waals surface area (Å²) in [5.41, 5.74) is -0.200. The first-order chi connectivity index (χ1) is 11.4. The zero-order valence-electron chi connectivity index (χ0n) is 12.7. The molecule has 1 aliphatic rings. The van der Waals surface area contributed by atoms with Crippen molar-refractivity contribution in [3.05, 3.63) is 47.4 Å². The van der Waals surface area contributed by atoms with Gasteiger partial charge in [0.1, 0.15) is 29.6 Å². The number of carbonyl (C=O) groups is 1. The molecule has 2 heterocycles. The summed E-state index contributed by atoms with van der Waals surface area (Å²) in [6.45, 7) is 1.54. The second-order valence-electron chi connectivity index (χ2n) is 5.91. The number of carbonyl (C=O) groups excluding carboxylic acids is 1. The fraction of sp³-hybridized carbons (Fsp3) is 0.294. The van der Waals surface area contributed by atoms with Crippen LogP contribution >= 0.6 is 0 Å². The van der Waals surface area contributed by atoms with Crippen LogP contribution in [0, 0.1) is 5.82 Å². The smallest absolute Gasteiger partial charge is 0.302 e. The molecule has 0 amide bonds. The lowest BCUT2D eigenvalue weighted by Crippen LogP contribution is -2.28. The Morgan fingerprint density at radius 2 is 2.04 bits per heavy atom. The van der Waals surface area contributed by atoms with Gasteiger partial charge in [0, 0.05) is 11.1 Å². The Balaban J connectivity index is 2.23. The second kappa shape index (κ2) is 5.90. The highest BCUT2D eigenvalue weighted by Gasteiger charge is 2.39. The van der Waals surface area contributed by atoms with E-state index >= 15 is 0 Å². The predicted molar refractivity (Wildman–Crippen MR) is 79.9 cm³/mol. The lowest BCUT2D eigenvalue weighted by Gasteiger charge is -2.19. The summed E-state index contributed by atoms with van der Waals surface area (Å²) in [5, 5.41) is 9.63. The first-order valence-electron chi connectivity index (χ1n) is 7.23. The van der Waals surface area contributed by atoms with Gasteiger partial charge in [0.15, 0.2) is 0 Å². The number of nitrogens with zero attached hydrogens (tertiary/aromatic N) is 1. The van der Waals surface area contributed by atoms with Crippen LogP contribution in [0.2, 0.25) is 0 Å². The molecule has 1 atom stereocenters. The van der Waals surface area contributed by atoms with Crippen LogP contribution in [0.3, 0.4) is 0 Å². The molecule has 1 aromatic heterocycles. The molecular weight excluding hydrogens is 323 g/mol. The number of alkyl halides is 2. The van der Waals surface area contributed by atoms with Crippen LogP contribution in [0.1, 0.15) is 23.0 Å². The van der Waals surface area contributed by atoms with E-state index in [0.29, 0.717) is 16.9 Å². The molecule has 1 N–H and O–H groups in total. The first kappa shape index (κ1) is 16.4. The van der Waals surface area contributed by atoms with E-state index in [4.69, 9.17) is 4.74 Å². The molecule has 3 rings (SSSR count). The van der Waals surface area contributed by atoms with Crippen molar-refractivity contribution in [1.82, 2.24) is 4.98 Å². The predicted octanol–water partition coefficient (Wildman–Crippen LogP) is 2.98. The van der Waals surface area contributed by atoms with Gasteiger partial charge in [-0.15, -0.1) is 0 Å². The van der Waals surface area contributed by atoms with Crippen molar-refractivity contribution in [2.45, 2.75) is 18.8 Å². The standard InChI is InChI=1S/C17H14F3NO3/c1-17(7-22)8-24-15-11(17)6-12(14(23)16(19)20)21-13(15)9-2-4-10(18)5-3-9/h2-6,16,22H,7-8H2,1H3. The maximum absolute atomic E-state index is 13.1. The van der Waals surface area contributed by atoms with Crippen molar-refractivity contribution in [2.75, 3.05) is 13.2 Å². The van der Waals surface area contributed by atoms with Crippen LogP contribution in [-0.4, -0.2) is 35.5 Å². The van der Waals surface area contributed by atoms with Gasteiger partial charge in [-0.25, -0.2) is 18.2 Å². The number of aliphatic hydroxyl groups excluding tert-OH is 1. The zero-order valence-corrected chi connectivity index (χ0v) is 12.7. The number of benzene rings is 1. The molecule has 7 heteroatoms. The van der Waals surface area contributed by atoms with Crippen LogP contribution in [-0.2, 0) is 5.41 Å². The molecule has 0 radical (unpaired) electrons. The number of ether oxygens (including phenoxy) is 1. The second-order valence-corrected chi connectivity index (χ2v) is 5.91. The molecule has 24 heavy (non-hydrogen) atoms. The summed E-state index contributed by atoms with van der Waals surface area (Å²) in [7, 11) is 0. The molecule has 0 fully saturated rings. The van der Waals surface area contributed by atoms with Crippen molar-refractivity contribution in [1.29, 1.82) is 0 Å². The number of aromatic nitrogens is 1. The monoisotopic (exact) mass is 337 g/mol. The summed E-state index contributed by atoms with van der Waals surface area (Å²) in [6, 6.07) is 6.48. The summed E-state index contributed by atoms with van der Waals surface area (Å²) < 4.78 is 44.3.